The van der Waals surface area contributed by atoms with E-state index in [1.807, 2.05) is 11.6 Å². The number of halogens is 4. The summed E-state index contributed by atoms with van der Waals surface area (Å²) in [5, 5.41) is 8.77. The van der Waals surface area contributed by atoms with E-state index < -0.39 is 11.7 Å². The van der Waals surface area contributed by atoms with Crippen LogP contribution in [-0.4, -0.2) is 43.2 Å². The van der Waals surface area contributed by atoms with Crippen molar-refractivity contribution in [3.63, 3.8) is 0 Å². The summed E-state index contributed by atoms with van der Waals surface area (Å²) in [7, 11) is 1.59. The van der Waals surface area contributed by atoms with Crippen molar-refractivity contribution in [1.29, 1.82) is 0 Å². The zero-order chi connectivity index (χ0) is 25.3. The second-order valence-electron chi connectivity index (χ2n) is 8.14. The lowest BCUT2D eigenvalue weighted by atomic mass is 10.0. The van der Waals surface area contributed by atoms with Gasteiger partial charge in [-0.25, -0.2) is 19.0 Å². The van der Waals surface area contributed by atoms with E-state index in [4.69, 9.17) is 9.84 Å². The van der Waals surface area contributed by atoms with Crippen LogP contribution in [-0.2, 0) is 23.9 Å². The van der Waals surface area contributed by atoms with Crippen LogP contribution in [0.3, 0.4) is 0 Å². The van der Waals surface area contributed by atoms with E-state index in [0.717, 1.165) is 16.8 Å². The van der Waals surface area contributed by atoms with Gasteiger partial charge in [-0.05, 0) is 50.6 Å². The molecule has 0 spiro atoms. The second kappa shape index (κ2) is 9.57. The van der Waals surface area contributed by atoms with Crippen molar-refractivity contribution in [1.82, 2.24) is 29.5 Å². The maximum absolute atomic E-state index is 13.4. The third-order valence-electron chi connectivity index (χ3n) is 5.79. The third kappa shape index (κ3) is 4.95. The number of aryl methyl sites for hydroxylation is 1. The Morgan fingerprint density at radius 3 is 2.34 bits per heavy atom. The van der Waals surface area contributed by atoms with Gasteiger partial charge in [-0.3, -0.25) is 4.68 Å². The van der Waals surface area contributed by atoms with Gasteiger partial charge >= 0.3 is 6.18 Å². The minimum absolute atomic E-state index is 0.0421. The highest BCUT2D eigenvalue weighted by atomic mass is 19.4. The smallest absolute Gasteiger partial charge is 0.383 e. The van der Waals surface area contributed by atoms with E-state index in [2.05, 4.69) is 15.1 Å². The van der Waals surface area contributed by atoms with Gasteiger partial charge in [-0.15, -0.1) is 0 Å². The van der Waals surface area contributed by atoms with E-state index in [0.29, 0.717) is 31.0 Å². The minimum atomic E-state index is -4.51. The number of alkyl halides is 3. The molecule has 4 rings (SSSR count). The van der Waals surface area contributed by atoms with Gasteiger partial charge < -0.3 is 4.74 Å². The lowest BCUT2D eigenvalue weighted by molar-refractivity contribution is -0.138. The standard InChI is InChI=1S/C24H24F4N6O/c1-14-20(33(9-10-35-4)32-23(14)17-5-7-18(25)8-6-17)11-19-12-21(30-13-29-19)34-16(3)22(15(2)31-34)24(26,27)28/h5-8,12-13H,9-11H2,1-4H3. The lowest BCUT2D eigenvalue weighted by Gasteiger charge is -2.10. The monoisotopic (exact) mass is 488 g/mol. The summed E-state index contributed by atoms with van der Waals surface area (Å²) in [5.74, 6) is -0.0951. The molecule has 3 heterocycles. The van der Waals surface area contributed by atoms with Crippen molar-refractivity contribution >= 4 is 0 Å². The first-order chi connectivity index (χ1) is 16.6. The first-order valence-corrected chi connectivity index (χ1v) is 10.9. The Morgan fingerprint density at radius 2 is 1.71 bits per heavy atom. The predicted octanol–water partition coefficient (Wildman–Crippen LogP) is 4.85. The average molecular weight is 488 g/mol. The van der Waals surface area contributed by atoms with E-state index in [1.165, 1.54) is 37.0 Å². The third-order valence-corrected chi connectivity index (χ3v) is 5.79. The molecular formula is C24H24F4N6O. The molecule has 1 aromatic carbocycles. The SMILES string of the molecule is COCCn1nc(-c2ccc(F)cc2)c(C)c1Cc1cc(-n2nc(C)c(C(F)(F)F)c2C)ncn1. The van der Waals surface area contributed by atoms with Crippen molar-refractivity contribution in [3.05, 3.63) is 76.4 Å². The molecule has 0 unspecified atom stereocenters. The van der Waals surface area contributed by atoms with Crippen LogP contribution in [0.1, 0.15) is 33.9 Å². The quantitative estimate of drug-likeness (QED) is 0.348. The number of benzene rings is 1. The molecule has 7 nitrogen and oxygen atoms in total. The summed E-state index contributed by atoms with van der Waals surface area (Å²) in [4.78, 5) is 8.48. The summed E-state index contributed by atoms with van der Waals surface area (Å²) in [5.41, 5.74) is 2.88. The number of nitrogens with zero attached hydrogens (tertiary/aromatic N) is 6. The van der Waals surface area contributed by atoms with Crippen molar-refractivity contribution in [2.45, 2.75) is 39.9 Å². The van der Waals surface area contributed by atoms with Gasteiger partial charge in [0.15, 0.2) is 5.82 Å². The van der Waals surface area contributed by atoms with E-state index >= 15 is 0 Å². The van der Waals surface area contributed by atoms with Crippen LogP contribution in [0.25, 0.3) is 17.1 Å². The van der Waals surface area contributed by atoms with Crippen molar-refractivity contribution in [2.24, 2.45) is 0 Å². The molecule has 11 heteroatoms. The Kier molecular flexibility index (Phi) is 6.70. The maximum atomic E-state index is 13.4. The Labute approximate surface area is 199 Å². The molecule has 0 amide bonds. The van der Waals surface area contributed by atoms with Gasteiger partial charge in [0.2, 0.25) is 0 Å². The molecule has 0 radical (unpaired) electrons. The highest BCUT2D eigenvalue weighted by Crippen LogP contribution is 2.35. The molecule has 0 saturated carbocycles. The summed E-state index contributed by atoms with van der Waals surface area (Å²) in [6.45, 7) is 5.52. The molecule has 0 aliphatic carbocycles. The fraction of sp³-hybridized carbons (Fsp3) is 0.333. The second-order valence-corrected chi connectivity index (χ2v) is 8.14. The molecule has 0 N–H and O–H groups in total. The van der Waals surface area contributed by atoms with Crippen molar-refractivity contribution in [3.8, 4) is 17.1 Å². The van der Waals surface area contributed by atoms with Crippen LogP contribution in [0, 0.1) is 26.6 Å². The van der Waals surface area contributed by atoms with Gasteiger partial charge in [0.05, 0.1) is 41.5 Å². The topological polar surface area (TPSA) is 70.7 Å². The van der Waals surface area contributed by atoms with Gasteiger partial charge in [-0.1, -0.05) is 0 Å². The normalized spacial score (nSPS) is 11.9. The van der Waals surface area contributed by atoms with Gasteiger partial charge in [0.25, 0.3) is 0 Å². The van der Waals surface area contributed by atoms with E-state index in [9.17, 15) is 17.6 Å². The molecule has 3 aromatic heterocycles. The van der Waals surface area contributed by atoms with Crippen LogP contribution in [0.5, 0.6) is 0 Å². The largest absolute Gasteiger partial charge is 0.419 e. The molecule has 0 saturated heterocycles. The Balaban J connectivity index is 1.72. The lowest BCUT2D eigenvalue weighted by Crippen LogP contribution is -2.12. The summed E-state index contributed by atoms with van der Waals surface area (Å²) >= 11 is 0. The molecule has 35 heavy (non-hydrogen) atoms. The molecule has 0 atom stereocenters. The van der Waals surface area contributed by atoms with E-state index in [1.54, 1.807) is 25.3 Å². The van der Waals surface area contributed by atoms with Crippen molar-refractivity contribution in [2.75, 3.05) is 13.7 Å². The molecular weight excluding hydrogens is 464 g/mol. The highest BCUT2D eigenvalue weighted by Gasteiger charge is 2.37. The number of aromatic nitrogens is 6. The summed E-state index contributed by atoms with van der Waals surface area (Å²) in [6.07, 6.45) is -2.85. The van der Waals surface area contributed by atoms with Gasteiger partial charge in [0, 0.05) is 30.9 Å². The Hall–Kier alpha value is -3.60. The highest BCUT2D eigenvalue weighted by molar-refractivity contribution is 5.64. The summed E-state index contributed by atoms with van der Waals surface area (Å²) < 4.78 is 61.9. The zero-order valence-corrected chi connectivity index (χ0v) is 19.7. The number of rotatable bonds is 7. The van der Waals surface area contributed by atoms with Crippen LogP contribution >= 0.6 is 0 Å². The van der Waals surface area contributed by atoms with Gasteiger partial charge in [0.1, 0.15) is 12.1 Å². The van der Waals surface area contributed by atoms with Crippen LogP contribution in [0.15, 0.2) is 36.7 Å². The predicted molar refractivity (Wildman–Crippen MR) is 121 cm³/mol. The number of hydrogen-bond acceptors (Lipinski definition) is 5. The molecule has 0 aliphatic heterocycles. The number of hydrogen-bond donors (Lipinski definition) is 0. The number of methoxy groups -OCH3 is 1. The summed E-state index contributed by atoms with van der Waals surface area (Å²) in [6, 6.07) is 7.70. The number of ether oxygens (including phenoxy) is 1. The van der Waals surface area contributed by atoms with Gasteiger partial charge in [-0.2, -0.15) is 23.4 Å². The zero-order valence-electron chi connectivity index (χ0n) is 19.7. The maximum Gasteiger partial charge on any atom is 0.419 e. The molecule has 4 aromatic rings. The first kappa shape index (κ1) is 24.5. The molecule has 0 fully saturated rings. The van der Waals surface area contributed by atoms with Crippen LogP contribution in [0.4, 0.5) is 17.6 Å². The Morgan fingerprint density at radius 1 is 1.00 bits per heavy atom. The fourth-order valence-electron chi connectivity index (χ4n) is 4.10. The molecule has 0 aliphatic rings. The fourth-order valence-corrected chi connectivity index (χ4v) is 4.10. The van der Waals surface area contributed by atoms with Crippen LogP contribution < -0.4 is 0 Å². The molecule has 0 bridgehead atoms. The van der Waals surface area contributed by atoms with Crippen LogP contribution in [0.2, 0.25) is 0 Å². The average Bonchev–Trinajstić information content (AvgIpc) is 3.28. The first-order valence-electron chi connectivity index (χ1n) is 10.9. The van der Waals surface area contributed by atoms with Crippen molar-refractivity contribution < 1.29 is 22.3 Å². The Bertz CT molecular complexity index is 1340. The molecule has 184 valence electrons. The minimum Gasteiger partial charge on any atom is -0.383 e. The van der Waals surface area contributed by atoms with E-state index in [-0.39, 0.29) is 23.0 Å².